The van der Waals surface area contributed by atoms with Gasteiger partial charge >= 0.3 is 0 Å². The Morgan fingerprint density at radius 1 is 1.15 bits per heavy atom. The van der Waals surface area contributed by atoms with E-state index in [2.05, 4.69) is 36.0 Å². The maximum absolute atomic E-state index is 12.8. The van der Waals surface area contributed by atoms with Crippen LogP contribution in [0.15, 0.2) is 36.9 Å². The van der Waals surface area contributed by atoms with E-state index >= 15 is 0 Å². The molecule has 4 aromatic rings. The molecule has 33 heavy (non-hydrogen) atoms. The number of aromatic nitrogens is 5. The van der Waals surface area contributed by atoms with Crippen LogP contribution in [0.1, 0.15) is 49.3 Å². The lowest BCUT2D eigenvalue weighted by atomic mass is 10.0. The summed E-state index contributed by atoms with van der Waals surface area (Å²) in [5.74, 6) is -0.577. The molecule has 3 N–H and O–H groups in total. The molecule has 2 amide bonds. The number of nitrogens with zero attached hydrogens (tertiary/aromatic N) is 5. The number of hydrogen-bond donors (Lipinski definition) is 3. The average Bonchev–Trinajstić information content (AvgIpc) is 3.47. The van der Waals surface area contributed by atoms with Gasteiger partial charge in [0.25, 0.3) is 11.8 Å². The van der Waals surface area contributed by atoms with Crippen molar-refractivity contribution in [3.8, 4) is 0 Å². The minimum atomic E-state index is -0.401. The summed E-state index contributed by atoms with van der Waals surface area (Å²) in [6.07, 6.45) is 5.38. The normalized spacial score (nSPS) is 14.0. The Kier molecular flexibility index (Phi) is 5.56. The van der Waals surface area contributed by atoms with Gasteiger partial charge in [-0.05, 0) is 43.1 Å². The van der Waals surface area contributed by atoms with Crippen LogP contribution in [0.25, 0.3) is 11.0 Å². The zero-order valence-corrected chi connectivity index (χ0v) is 18.9. The van der Waals surface area contributed by atoms with Crippen LogP contribution in [0.3, 0.4) is 0 Å². The van der Waals surface area contributed by atoms with Gasteiger partial charge in [-0.2, -0.15) is 5.10 Å². The van der Waals surface area contributed by atoms with Crippen molar-refractivity contribution in [3.05, 3.63) is 63.6 Å². The first-order chi connectivity index (χ1) is 16.0. The first kappa shape index (κ1) is 21.2. The Labute approximate surface area is 193 Å². The van der Waals surface area contributed by atoms with Gasteiger partial charge in [0.2, 0.25) is 0 Å². The molecule has 0 bridgehead atoms. The van der Waals surface area contributed by atoms with Crippen LogP contribution in [0, 0.1) is 0 Å². The molecule has 5 rings (SSSR count). The summed E-state index contributed by atoms with van der Waals surface area (Å²) >= 11 is 1.24. The molecule has 1 unspecified atom stereocenters. The third kappa shape index (κ3) is 4.20. The van der Waals surface area contributed by atoms with Crippen molar-refractivity contribution in [2.24, 2.45) is 7.05 Å². The van der Waals surface area contributed by atoms with E-state index < -0.39 is 6.04 Å². The second kappa shape index (κ2) is 8.68. The maximum Gasteiger partial charge on any atom is 0.271 e. The van der Waals surface area contributed by atoms with E-state index in [4.69, 9.17) is 0 Å². The number of rotatable bonds is 5. The van der Waals surface area contributed by atoms with Crippen LogP contribution in [-0.4, -0.2) is 43.1 Å². The molecular formula is C22H22N8O2S. The highest BCUT2D eigenvalue weighted by molar-refractivity contribution is 7.13. The van der Waals surface area contributed by atoms with Crippen LogP contribution in [0.4, 0.5) is 5.69 Å². The molecule has 3 aromatic heterocycles. The first-order valence-electron chi connectivity index (χ1n) is 10.5. The summed E-state index contributed by atoms with van der Waals surface area (Å²) in [7, 11) is 1.75. The molecule has 1 aliphatic heterocycles. The highest BCUT2D eigenvalue weighted by Gasteiger charge is 2.21. The van der Waals surface area contributed by atoms with E-state index in [1.54, 1.807) is 17.9 Å². The maximum atomic E-state index is 12.8. The lowest BCUT2D eigenvalue weighted by Crippen LogP contribution is -2.27. The van der Waals surface area contributed by atoms with Crippen molar-refractivity contribution in [1.29, 1.82) is 0 Å². The van der Waals surface area contributed by atoms with E-state index in [0.717, 1.165) is 25.2 Å². The smallest absolute Gasteiger partial charge is 0.271 e. The fourth-order valence-corrected chi connectivity index (χ4v) is 4.63. The topological polar surface area (TPSA) is 127 Å². The van der Waals surface area contributed by atoms with Crippen LogP contribution < -0.4 is 16.0 Å². The molecular weight excluding hydrogens is 440 g/mol. The van der Waals surface area contributed by atoms with Gasteiger partial charge in [-0.3, -0.25) is 14.3 Å². The van der Waals surface area contributed by atoms with E-state index in [-0.39, 0.29) is 17.5 Å². The van der Waals surface area contributed by atoms with Crippen molar-refractivity contribution >= 4 is 39.9 Å². The van der Waals surface area contributed by atoms with Crippen molar-refractivity contribution < 1.29 is 9.59 Å². The van der Waals surface area contributed by atoms with Crippen LogP contribution in [-0.2, 0) is 20.0 Å². The zero-order valence-electron chi connectivity index (χ0n) is 18.1. The fourth-order valence-electron chi connectivity index (χ4n) is 3.81. The second-order valence-corrected chi connectivity index (χ2v) is 8.91. The van der Waals surface area contributed by atoms with Crippen molar-refractivity contribution in [2.75, 3.05) is 11.9 Å². The summed E-state index contributed by atoms with van der Waals surface area (Å²) in [5, 5.41) is 14.5. The number of fused-ring (bicyclic) bond motifs is 2. The Morgan fingerprint density at radius 2 is 2.03 bits per heavy atom. The van der Waals surface area contributed by atoms with E-state index in [1.165, 1.54) is 35.0 Å². The quantitative estimate of drug-likeness (QED) is 0.415. The summed E-state index contributed by atoms with van der Waals surface area (Å²) in [5.41, 5.74) is 4.10. The lowest BCUT2D eigenvalue weighted by Gasteiger charge is -2.17. The molecule has 0 aliphatic carbocycles. The molecule has 1 aliphatic rings. The summed E-state index contributed by atoms with van der Waals surface area (Å²) in [6.45, 7) is 3.61. The zero-order chi connectivity index (χ0) is 22.9. The van der Waals surface area contributed by atoms with Gasteiger partial charge in [0.1, 0.15) is 21.9 Å². The molecule has 1 aromatic carbocycles. The number of benzene rings is 1. The van der Waals surface area contributed by atoms with Gasteiger partial charge in [0.05, 0.1) is 23.8 Å². The third-order valence-corrected chi connectivity index (χ3v) is 6.74. The number of aryl methyl sites for hydroxylation is 1. The molecule has 11 heteroatoms. The molecule has 0 saturated carbocycles. The molecule has 1 atom stereocenters. The number of carbonyl (C=O) groups is 2. The van der Waals surface area contributed by atoms with Gasteiger partial charge in [0, 0.05) is 19.3 Å². The molecule has 0 radical (unpaired) electrons. The number of hydrogen-bond acceptors (Lipinski definition) is 8. The Balaban J connectivity index is 1.27. The van der Waals surface area contributed by atoms with Gasteiger partial charge in [-0.25, -0.2) is 15.0 Å². The van der Waals surface area contributed by atoms with Crippen LogP contribution in [0.5, 0.6) is 0 Å². The monoisotopic (exact) mass is 462 g/mol. The van der Waals surface area contributed by atoms with E-state index in [9.17, 15) is 9.59 Å². The molecule has 0 saturated heterocycles. The van der Waals surface area contributed by atoms with Crippen molar-refractivity contribution in [3.63, 3.8) is 0 Å². The van der Waals surface area contributed by atoms with Gasteiger partial charge in [-0.1, -0.05) is 6.07 Å². The number of amides is 2. The number of nitrogens with one attached hydrogen (secondary N) is 3. The van der Waals surface area contributed by atoms with Gasteiger partial charge in [0.15, 0.2) is 5.65 Å². The largest absolute Gasteiger partial charge is 0.342 e. The summed E-state index contributed by atoms with van der Waals surface area (Å²) < 4.78 is 1.59. The standard InChI is InChI=1S/C22H22N8O2S/c1-12(28-21(32)18-16-9-27-30(2)19(16)26-11-25-18)22-24-10-17(33-22)20(31)29-15-4-3-14-8-23-6-5-13(14)7-15/h3-4,7,9-12,23H,5-6,8H2,1-2H3,(H,28,32)(H,29,31). The molecule has 4 heterocycles. The summed E-state index contributed by atoms with van der Waals surface area (Å²) in [4.78, 5) is 38.6. The second-order valence-electron chi connectivity index (χ2n) is 7.85. The molecule has 10 nitrogen and oxygen atoms in total. The van der Waals surface area contributed by atoms with Gasteiger partial charge in [-0.15, -0.1) is 11.3 Å². The highest BCUT2D eigenvalue weighted by atomic mass is 32.1. The SMILES string of the molecule is CC(NC(=O)c1ncnc2c1cnn2C)c1ncc(C(=O)Nc2ccc3c(c2)CCNC3)s1. The van der Waals surface area contributed by atoms with Crippen LogP contribution >= 0.6 is 11.3 Å². The Hall–Kier alpha value is -3.70. The first-order valence-corrected chi connectivity index (χ1v) is 11.3. The van der Waals surface area contributed by atoms with Crippen molar-refractivity contribution in [2.45, 2.75) is 25.9 Å². The highest BCUT2D eigenvalue weighted by Crippen LogP contribution is 2.24. The molecule has 0 spiro atoms. The average molecular weight is 463 g/mol. The van der Waals surface area contributed by atoms with Crippen molar-refractivity contribution in [1.82, 2.24) is 35.4 Å². The predicted molar refractivity (Wildman–Crippen MR) is 124 cm³/mol. The predicted octanol–water partition coefficient (Wildman–Crippen LogP) is 2.21. The van der Waals surface area contributed by atoms with Gasteiger partial charge < -0.3 is 16.0 Å². The number of carbonyl (C=O) groups excluding carboxylic acids is 2. The third-order valence-electron chi connectivity index (χ3n) is 5.56. The fraction of sp³-hybridized carbons (Fsp3) is 0.273. The molecule has 0 fully saturated rings. The Bertz CT molecular complexity index is 1360. The minimum Gasteiger partial charge on any atom is -0.342 e. The van der Waals surface area contributed by atoms with E-state index in [0.29, 0.717) is 20.9 Å². The molecule has 168 valence electrons. The summed E-state index contributed by atoms with van der Waals surface area (Å²) in [6, 6.07) is 5.58. The van der Waals surface area contributed by atoms with E-state index in [1.807, 2.05) is 25.1 Å². The minimum absolute atomic E-state index is 0.223. The lowest BCUT2D eigenvalue weighted by molar-refractivity contribution is 0.0936. The number of thiazole rings is 1. The van der Waals surface area contributed by atoms with Crippen LogP contribution in [0.2, 0.25) is 0 Å². The number of anilines is 1. The Morgan fingerprint density at radius 3 is 2.91 bits per heavy atom.